The van der Waals surface area contributed by atoms with Crippen molar-refractivity contribution in [3.05, 3.63) is 0 Å². The topological polar surface area (TPSA) is 75.6 Å². The largest absolute Gasteiger partial charge is 0.415 e. The second-order valence-corrected chi connectivity index (χ2v) is 1.59. The standard InChI is InChI=1S/C4H5NO4/c6-1-2-3(7)9-4(8)5-2/h2,6H,1H2,(H,5,8)/t2-/m1/s1. The zero-order valence-electron chi connectivity index (χ0n) is 4.46. The predicted octanol–water partition coefficient (Wildman–Crippen LogP) is -1.39. The van der Waals surface area contributed by atoms with Crippen molar-refractivity contribution in [3.63, 3.8) is 0 Å². The molecule has 0 spiro atoms. The van der Waals surface area contributed by atoms with Gasteiger partial charge in [-0.3, -0.25) is 0 Å². The van der Waals surface area contributed by atoms with Crippen LogP contribution in [0.5, 0.6) is 0 Å². The first-order valence-corrected chi connectivity index (χ1v) is 2.37. The van der Waals surface area contributed by atoms with Crippen LogP contribution in [0.4, 0.5) is 4.79 Å². The Hall–Kier alpha value is -1.10. The zero-order valence-corrected chi connectivity index (χ0v) is 4.46. The Morgan fingerprint density at radius 3 is 2.56 bits per heavy atom. The summed E-state index contributed by atoms with van der Waals surface area (Å²) < 4.78 is 4.02. The summed E-state index contributed by atoms with van der Waals surface area (Å²) in [6.07, 6.45) is -0.793. The van der Waals surface area contributed by atoms with Gasteiger partial charge >= 0.3 is 12.1 Å². The van der Waals surface area contributed by atoms with Gasteiger partial charge in [-0.2, -0.15) is 0 Å². The summed E-state index contributed by atoms with van der Waals surface area (Å²) in [5.74, 6) is -0.720. The van der Waals surface area contributed by atoms with E-state index < -0.39 is 24.7 Å². The molecule has 0 radical (unpaired) electrons. The van der Waals surface area contributed by atoms with Crippen LogP contribution in [-0.4, -0.2) is 29.8 Å². The molecule has 0 aromatic rings. The summed E-state index contributed by atoms with van der Waals surface area (Å²) in [4.78, 5) is 20.5. The monoisotopic (exact) mass is 131 g/mol. The number of amides is 1. The first-order chi connectivity index (χ1) is 4.24. The van der Waals surface area contributed by atoms with Gasteiger partial charge < -0.3 is 15.2 Å². The minimum Gasteiger partial charge on any atom is -0.394 e. The van der Waals surface area contributed by atoms with Gasteiger partial charge in [0.15, 0.2) is 6.04 Å². The SMILES string of the molecule is O=C1N[C@H](CO)C(=O)O1. The van der Waals surface area contributed by atoms with Crippen molar-refractivity contribution in [2.45, 2.75) is 6.04 Å². The molecule has 1 rings (SSSR count). The van der Waals surface area contributed by atoms with Crippen molar-refractivity contribution in [2.75, 3.05) is 6.61 Å². The van der Waals surface area contributed by atoms with Gasteiger partial charge in [0.2, 0.25) is 0 Å². The molecule has 0 aromatic heterocycles. The number of esters is 1. The molecule has 0 unspecified atom stereocenters. The highest BCUT2D eigenvalue weighted by Gasteiger charge is 2.31. The molecule has 50 valence electrons. The van der Waals surface area contributed by atoms with Crippen LogP contribution in [0, 0.1) is 0 Å². The Kier molecular flexibility index (Phi) is 1.35. The van der Waals surface area contributed by atoms with Gasteiger partial charge in [-0.15, -0.1) is 0 Å². The van der Waals surface area contributed by atoms with Crippen molar-refractivity contribution in [1.82, 2.24) is 5.32 Å². The Bertz CT molecular complexity index is 155. The summed E-state index contributed by atoms with van der Waals surface area (Å²) in [7, 11) is 0. The van der Waals surface area contributed by atoms with E-state index in [1.807, 2.05) is 0 Å². The lowest BCUT2D eigenvalue weighted by Crippen LogP contribution is -2.31. The average molecular weight is 131 g/mol. The van der Waals surface area contributed by atoms with E-state index >= 15 is 0 Å². The smallest absolute Gasteiger partial charge is 0.394 e. The Morgan fingerprint density at radius 2 is 2.33 bits per heavy atom. The van der Waals surface area contributed by atoms with Crippen LogP contribution in [-0.2, 0) is 9.53 Å². The molecule has 1 aliphatic rings. The number of carbonyl (C=O) groups excluding carboxylic acids is 2. The van der Waals surface area contributed by atoms with Gasteiger partial charge in [-0.05, 0) is 0 Å². The maximum atomic E-state index is 10.4. The van der Waals surface area contributed by atoms with E-state index in [4.69, 9.17) is 5.11 Å². The van der Waals surface area contributed by atoms with Crippen molar-refractivity contribution < 1.29 is 19.4 Å². The third kappa shape index (κ3) is 0.996. The highest BCUT2D eigenvalue weighted by Crippen LogP contribution is 1.97. The van der Waals surface area contributed by atoms with Gasteiger partial charge in [-0.1, -0.05) is 0 Å². The lowest BCUT2D eigenvalue weighted by atomic mass is 10.3. The van der Waals surface area contributed by atoms with Crippen molar-refractivity contribution >= 4 is 12.1 Å². The molecule has 9 heavy (non-hydrogen) atoms. The van der Waals surface area contributed by atoms with Gasteiger partial charge in [0, 0.05) is 0 Å². The number of alkyl carbamates (subject to hydrolysis) is 1. The molecule has 1 heterocycles. The Labute approximate surface area is 50.6 Å². The third-order valence-corrected chi connectivity index (χ3v) is 0.952. The van der Waals surface area contributed by atoms with Crippen LogP contribution < -0.4 is 5.32 Å². The first kappa shape index (κ1) is 6.03. The quantitative estimate of drug-likeness (QED) is 0.339. The van der Waals surface area contributed by atoms with E-state index in [1.54, 1.807) is 0 Å². The molecule has 5 nitrogen and oxygen atoms in total. The van der Waals surface area contributed by atoms with E-state index in [0.29, 0.717) is 0 Å². The van der Waals surface area contributed by atoms with Gasteiger partial charge in [-0.25, -0.2) is 9.59 Å². The Morgan fingerprint density at radius 1 is 1.67 bits per heavy atom. The summed E-state index contributed by atoms with van der Waals surface area (Å²) in [5.41, 5.74) is 0. The fourth-order valence-corrected chi connectivity index (χ4v) is 0.513. The summed E-state index contributed by atoms with van der Waals surface area (Å²) in [5, 5.41) is 10.4. The number of ether oxygens (including phenoxy) is 1. The minimum atomic E-state index is -0.863. The number of aliphatic hydroxyl groups is 1. The number of carbonyl (C=O) groups is 2. The van der Waals surface area contributed by atoms with Gasteiger partial charge in [0.1, 0.15) is 0 Å². The van der Waals surface area contributed by atoms with E-state index in [9.17, 15) is 9.59 Å². The molecule has 0 bridgehead atoms. The number of aliphatic hydroxyl groups excluding tert-OH is 1. The third-order valence-electron chi connectivity index (χ3n) is 0.952. The second-order valence-electron chi connectivity index (χ2n) is 1.59. The van der Waals surface area contributed by atoms with E-state index in [2.05, 4.69) is 10.1 Å². The first-order valence-electron chi connectivity index (χ1n) is 2.37. The van der Waals surface area contributed by atoms with Crippen molar-refractivity contribution in [1.29, 1.82) is 0 Å². The molecule has 0 aliphatic carbocycles. The number of hydrogen-bond acceptors (Lipinski definition) is 4. The van der Waals surface area contributed by atoms with Crippen LogP contribution in [0.25, 0.3) is 0 Å². The molecule has 1 saturated heterocycles. The molecule has 0 saturated carbocycles. The number of cyclic esters (lactones) is 2. The molecular formula is C4H5NO4. The predicted molar refractivity (Wildman–Crippen MR) is 25.5 cm³/mol. The molecule has 0 aromatic carbocycles. The molecule has 1 aliphatic heterocycles. The molecular weight excluding hydrogens is 126 g/mol. The normalized spacial score (nSPS) is 25.7. The maximum absolute atomic E-state index is 10.4. The minimum absolute atomic E-state index is 0.412. The number of nitrogens with one attached hydrogen (secondary N) is 1. The molecule has 1 fully saturated rings. The van der Waals surface area contributed by atoms with Gasteiger partial charge in [0.25, 0.3) is 0 Å². The van der Waals surface area contributed by atoms with E-state index in [0.717, 1.165) is 0 Å². The van der Waals surface area contributed by atoms with Crippen molar-refractivity contribution in [2.24, 2.45) is 0 Å². The average Bonchev–Trinajstić information content (AvgIpc) is 2.10. The summed E-state index contributed by atoms with van der Waals surface area (Å²) in [6, 6.07) is -0.863. The fraction of sp³-hybridized carbons (Fsp3) is 0.500. The van der Waals surface area contributed by atoms with Crippen LogP contribution >= 0.6 is 0 Å². The van der Waals surface area contributed by atoms with Gasteiger partial charge in [0.05, 0.1) is 6.61 Å². The maximum Gasteiger partial charge on any atom is 0.415 e. The Balaban J connectivity index is 2.58. The molecule has 1 atom stereocenters. The summed E-state index contributed by atoms with van der Waals surface area (Å²) >= 11 is 0. The molecule has 1 amide bonds. The van der Waals surface area contributed by atoms with Crippen molar-refractivity contribution in [3.8, 4) is 0 Å². The lowest BCUT2D eigenvalue weighted by Gasteiger charge is -1.95. The highest BCUT2D eigenvalue weighted by atomic mass is 16.6. The summed E-state index contributed by atoms with van der Waals surface area (Å²) in [6.45, 7) is -0.412. The highest BCUT2D eigenvalue weighted by molar-refractivity contribution is 5.95. The molecule has 5 heteroatoms. The van der Waals surface area contributed by atoms with E-state index in [-0.39, 0.29) is 0 Å². The number of rotatable bonds is 1. The van der Waals surface area contributed by atoms with Crippen LogP contribution in [0.15, 0.2) is 0 Å². The van der Waals surface area contributed by atoms with Crippen LogP contribution in [0.2, 0.25) is 0 Å². The number of hydrogen-bond donors (Lipinski definition) is 2. The van der Waals surface area contributed by atoms with E-state index in [1.165, 1.54) is 0 Å². The van der Waals surface area contributed by atoms with Crippen LogP contribution in [0.1, 0.15) is 0 Å². The van der Waals surface area contributed by atoms with Crippen LogP contribution in [0.3, 0.4) is 0 Å². The molecule has 2 N–H and O–H groups in total. The lowest BCUT2D eigenvalue weighted by molar-refractivity contribution is -0.136. The second kappa shape index (κ2) is 2.02. The zero-order chi connectivity index (χ0) is 6.85. The fourth-order valence-electron chi connectivity index (χ4n) is 0.513.